The minimum Gasteiger partial charge on any atom is -0.493 e. The molecule has 0 radical (unpaired) electrons. The van der Waals surface area contributed by atoms with Crippen LogP contribution in [0.1, 0.15) is 30.9 Å². The van der Waals surface area contributed by atoms with Crippen LogP contribution >= 0.6 is 24.0 Å². The smallest absolute Gasteiger partial charge is 0.191 e. The van der Waals surface area contributed by atoms with Crippen molar-refractivity contribution < 1.29 is 4.74 Å². The Kier molecular flexibility index (Phi) is 10.5. The van der Waals surface area contributed by atoms with Crippen molar-refractivity contribution in [3.63, 3.8) is 0 Å². The first kappa shape index (κ1) is 24.2. The second kappa shape index (κ2) is 12.6. The molecule has 1 aliphatic carbocycles. The highest BCUT2D eigenvalue weighted by atomic mass is 127. The van der Waals surface area contributed by atoms with Crippen molar-refractivity contribution in [1.29, 1.82) is 0 Å². The quantitative estimate of drug-likeness (QED) is 0.301. The second-order valence-electron chi connectivity index (χ2n) is 7.99. The van der Waals surface area contributed by atoms with Gasteiger partial charge in [-0.1, -0.05) is 19.1 Å². The van der Waals surface area contributed by atoms with E-state index in [0.717, 1.165) is 63.5 Å². The van der Waals surface area contributed by atoms with Gasteiger partial charge in [0.2, 0.25) is 0 Å². The zero-order valence-corrected chi connectivity index (χ0v) is 20.6. The summed E-state index contributed by atoms with van der Waals surface area (Å²) in [6.07, 6.45) is 2.62. The predicted octanol–water partition coefficient (Wildman–Crippen LogP) is 2.70. The number of halogens is 1. The number of aryl methyl sites for hydroxylation is 1. The maximum absolute atomic E-state index is 6.08. The number of hydrogen-bond donors (Lipinski definition) is 2. The average molecular weight is 515 g/mol. The van der Waals surface area contributed by atoms with Crippen LogP contribution in [0.3, 0.4) is 0 Å². The van der Waals surface area contributed by atoms with Gasteiger partial charge in [-0.25, -0.2) is 0 Å². The molecule has 1 aliphatic heterocycles. The van der Waals surface area contributed by atoms with Crippen LogP contribution in [0.4, 0.5) is 0 Å². The summed E-state index contributed by atoms with van der Waals surface area (Å²) < 4.78 is 6.08. The minimum atomic E-state index is 0. The number of benzene rings is 1. The molecule has 1 aromatic carbocycles. The van der Waals surface area contributed by atoms with E-state index in [9.17, 15) is 0 Å². The lowest BCUT2D eigenvalue weighted by atomic mass is 10.1. The van der Waals surface area contributed by atoms with E-state index >= 15 is 0 Å². The van der Waals surface area contributed by atoms with Crippen LogP contribution in [-0.2, 0) is 6.54 Å². The molecule has 0 spiro atoms. The molecule has 0 amide bonds. The van der Waals surface area contributed by atoms with Crippen LogP contribution in [0.2, 0.25) is 0 Å². The van der Waals surface area contributed by atoms with Gasteiger partial charge in [0, 0.05) is 58.4 Å². The number of nitrogens with zero attached hydrogens (tertiary/aromatic N) is 3. The first-order valence-corrected chi connectivity index (χ1v) is 10.8. The van der Waals surface area contributed by atoms with Gasteiger partial charge in [-0.3, -0.25) is 9.89 Å². The lowest BCUT2D eigenvalue weighted by molar-refractivity contribution is 0.139. The van der Waals surface area contributed by atoms with E-state index in [4.69, 9.17) is 4.74 Å². The Morgan fingerprint density at radius 3 is 2.52 bits per heavy atom. The third-order valence-electron chi connectivity index (χ3n) is 5.70. The predicted molar refractivity (Wildman–Crippen MR) is 132 cm³/mol. The van der Waals surface area contributed by atoms with Gasteiger partial charge in [-0.15, -0.1) is 24.0 Å². The molecule has 3 rings (SSSR count). The molecular formula is C22H38IN5O. The highest BCUT2D eigenvalue weighted by molar-refractivity contribution is 14.0. The number of nitrogens with one attached hydrogen (secondary N) is 2. The topological polar surface area (TPSA) is 52.1 Å². The van der Waals surface area contributed by atoms with Crippen molar-refractivity contribution in [2.45, 2.75) is 33.2 Å². The number of piperazine rings is 1. The van der Waals surface area contributed by atoms with Crippen molar-refractivity contribution in [1.82, 2.24) is 20.4 Å². The molecule has 0 bridgehead atoms. The SMILES string of the molecule is CCN1CCN(CCNC(=NC)NCc2ccc(C)cc2OCC2CC2)CC1.I. The van der Waals surface area contributed by atoms with Gasteiger partial charge in [-0.05, 0) is 43.9 Å². The lowest BCUT2D eigenvalue weighted by Crippen LogP contribution is -2.49. The molecule has 2 aliphatic rings. The zero-order chi connectivity index (χ0) is 19.8. The Morgan fingerprint density at radius 2 is 1.86 bits per heavy atom. The third-order valence-corrected chi connectivity index (χ3v) is 5.70. The summed E-state index contributed by atoms with van der Waals surface area (Å²) in [6.45, 7) is 13.7. The van der Waals surface area contributed by atoms with Crippen molar-refractivity contribution in [2.24, 2.45) is 10.9 Å². The Labute approximate surface area is 193 Å². The number of ether oxygens (including phenoxy) is 1. The van der Waals surface area contributed by atoms with Crippen LogP contribution in [0.25, 0.3) is 0 Å². The number of likely N-dealkylation sites (N-methyl/N-ethyl adjacent to an activating group) is 1. The minimum absolute atomic E-state index is 0. The largest absolute Gasteiger partial charge is 0.493 e. The standard InChI is InChI=1S/C22H37N5O.HI/c1-4-26-11-13-27(14-12-26)10-9-24-22(23-3)25-16-20-8-5-18(2)15-21(20)28-17-19-6-7-19;/h5,8,15,19H,4,6-7,9-14,16-17H2,1-3H3,(H2,23,24,25);1H. The molecule has 164 valence electrons. The summed E-state index contributed by atoms with van der Waals surface area (Å²) in [5.74, 6) is 2.61. The van der Waals surface area contributed by atoms with Gasteiger partial charge < -0.3 is 20.3 Å². The van der Waals surface area contributed by atoms with Gasteiger partial charge in [-0.2, -0.15) is 0 Å². The van der Waals surface area contributed by atoms with Crippen molar-refractivity contribution in [2.75, 3.05) is 59.5 Å². The van der Waals surface area contributed by atoms with Gasteiger partial charge in [0.15, 0.2) is 5.96 Å². The molecule has 2 fully saturated rings. The molecule has 0 aromatic heterocycles. The maximum atomic E-state index is 6.08. The van der Waals surface area contributed by atoms with Gasteiger partial charge in [0.25, 0.3) is 0 Å². The summed E-state index contributed by atoms with van der Waals surface area (Å²) in [5, 5.41) is 6.88. The fourth-order valence-electron chi connectivity index (χ4n) is 3.50. The van der Waals surface area contributed by atoms with Gasteiger partial charge in [0.1, 0.15) is 5.75 Å². The number of aliphatic imine (C=N–C) groups is 1. The van der Waals surface area contributed by atoms with Crippen LogP contribution in [0, 0.1) is 12.8 Å². The van der Waals surface area contributed by atoms with E-state index in [2.05, 4.69) is 57.5 Å². The van der Waals surface area contributed by atoms with E-state index < -0.39 is 0 Å². The molecule has 1 aromatic rings. The Hall–Kier alpha value is -1.06. The average Bonchev–Trinajstić information content (AvgIpc) is 3.55. The zero-order valence-electron chi connectivity index (χ0n) is 18.2. The number of hydrogen-bond acceptors (Lipinski definition) is 4. The maximum Gasteiger partial charge on any atom is 0.191 e. The molecule has 1 saturated carbocycles. The van der Waals surface area contributed by atoms with E-state index in [1.54, 1.807) is 0 Å². The molecule has 7 heteroatoms. The highest BCUT2D eigenvalue weighted by Crippen LogP contribution is 2.30. The Morgan fingerprint density at radius 1 is 1.14 bits per heavy atom. The summed E-state index contributed by atoms with van der Waals surface area (Å²) >= 11 is 0. The fourth-order valence-corrected chi connectivity index (χ4v) is 3.50. The lowest BCUT2D eigenvalue weighted by Gasteiger charge is -2.34. The molecule has 2 N–H and O–H groups in total. The molecule has 29 heavy (non-hydrogen) atoms. The normalized spacial score (nSPS) is 18.2. The van der Waals surface area contributed by atoms with E-state index in [0.29, 0.717) is 0 Å². The summed E-state index contributed by atoms with van der Waals surface area (Å²) in [6, 6.07) is 6.45. The molecule has 6 nitrogen and oxygen atoms in total. The molecule has 0 atom stereocenters. The van der Waals surface area contributed by atoms with Crippen LogP contribution in [-0.4, -0.2) is 75.2 Å². The highest BCUT2D eigenvalue weighted by Gasteiger charge is 2.22. The molecular weight excluding hydrogens is 477 g/mol. The van der Waals surface area contributed by atoms with E-state index in [1.807, 2.05) is 7.05 Å². The summed E-state index contributed by atoms with van der Waals surface area (Å²) in [5.41, 5.74) is 2.42. The van der Waals surface area contributed by atoms with E-state index in [1.165, 1.54) is 37.1 Å². The van der Waals surface area contributed by atoms with Crippen molar-refractivity contribution in [3.8, 4) is 5.75 Å². The molecule has 0 unspecified atom stereocenters. The summed E-state index contributed by atoms with van der Waals surface area (Å²) in [4.78, 5) is 9.40. The molecule has 1 heterocycles. The Bertz CT molecular complexity index is 642. The van der Waals surface area contributed by atoms with Crippen molar-refractivity contribution >= 4 is 29.9 Å². The third kappa shape index (κ3) is 8.30. The van der Waals surface area contributed by atoms with Crippen LogP contribution < -0.4 is 15.4 Å². The first-order chi connectivity index (χ1) is 13.7. The number of guanidine groups is 1. The van der Waals surface area contributed by atoms with E-state index in [-0.39, 0.29) is 24.0 Å². The van der Waals surface area contributed by atoms with Gasteiger partial charge in [0.05, 0.1) is 6.61 Å². The first-order valence-electron chi connectivity index (χ1n) is 10.8. The monoisotopic (exact) mass is 515 g/mol. The fraction of sp³-hybridized carbons (Fsp3) is 0.682. The summed E-state index contributed by atoms with van der Waals surface area (Å²) in [7, 11) is 1.83. The Balaban J connectivity index is 0.00000300. The van der Waals surface area contributed by atoms with Crippen LogP contribution in [0.15, 0.2) is 23.2 Å². The van der Waals surface area contributed by atoms with Crippen LogP contribution in [0.5, 0.6) is 5.75 Å². The van der Waals surface area contributed by atoms with Gasteiger partial charge >= 0.3 is 0 Å². The second-order valence-corrected chi connectivity index (χ2v) is 7.99. The molecule has 1 saturated heterocycles. The number of rotatable bonds is 9. The van der Waals surface area contributed by atoms with Crippen molar-refractivity contribution in [3.05, 3.63) is 29.3 Å².